The molecule has 0 bridgehead atoms. The third-order valence-electron chi connectivity index (χ3n) is 3.90. The monoisotopic (exact) mass is 376 g/mol. The van der Waals surface area contributed by atoms with Crippen LogP contribution in [0.4, 0.5) is 0 Å². The summed E-state index contributed by atoms with van der Waals surface area (Å²) < 4.78 is 10.8. The van der Waals surface area contributed by atoms with Gasteiger partial charge in [-0.2, -0.15) is 0 Å². The van der Waals surface area contributed by atoms with E-state index in [-0.39, 0.29) is 6.04 Å². The number of hydrogen-bond acceptors (Lipinski definition) is 5. The van der Waals surface area contributed by atoms with Crippen molar-refractivity contribution in [3.63, 3.8) is 0 Å². The quantitative estimate of drug-likeness (QED) is 0.545. The third kappa shape index (κ3) is 5.36. The first-order chi connectivity index (χ1) is 12.6. The molecular weight excluding hydrogens is 348 g/mol. The Morgan fingerprint density at radius 2 is 2.08 bits per heavy atom. The first kappa shape index (κ1) is 20.0. The van der Waals surface area contributed by atoms with Crippen LogP contribution in [0.15, 0.2) is 28.6 Å². The van der Waals surface area contributed by atoms with E-state index in [4.69, 9.17) is 9.47 Å². The van der Waals surface area contributed by atoms with Gasteiger partial charge < -0.3 is 20.1 Å². The van der Waals surface area contributed by atoms with E-state index in [1.165, 1.54) is 0 Å². The summed E-state index contributed by atoms with van der Waals surface area (Å²) in [5.74, 6) is 2.36. The van der Waals surface area contributed by atoms with Crippen molar-refractivity contribution in [2.75, 3.05) is 20.8 Å². The van der Waals surface area contributed by atoms with Gasteiger partial charge in [0.1, 0.15) is 11.5 Å². The summed E-state index contributed by atoms with van der Waals surface area (Å²) in [5, 5.41) is 9.92. The van der Waals surface area contributed by atoms with E-state index >= 15 is 0 Å². The first-order valence-electron chi connectivity index (χ1n) is 8.81. The lowest BCUT2D eigenvalue weighted by Crippen LogP contribution is -2.38. The second kappa shape index (κ2) is 10.0. The highest BCUT2D eigenvalue weighted by Crippen LogP contribution is 2.29. The lowest BCUT2D eigenvalue weighted by molar-refractivity contribution is 0.394. The van der Waals surface area contributed by atoms with E-state index in [2.05, 4.69) is 39.8 Å². The molecule has 0 saturated heterocycles. The molecule has 0 saturated carbocycles. The van der Waals surface area contributed by atoms with E-state index in [0.717, 1.165) is 46.7 Å². The summed E-state index contributed by atoms with van der Waals surface area (Å²) in [4.78, 5) is 9.23. The number of aliphatic imine (C=N–C) groups is 1. The van der Waals surface area contributed by atoms with Gasteiger partial charge in [-0.1, -0.05) is 6.92 Å². The Bertz CT molecular complexity index is 730. The van der Waals surface area contributed by atoms with Gasteiger partial charge in [-0.25, -0.2) is 9.98 Å². The molecule has 2 aromatic rings. The van der Waals surface area contributed by atoms with Gasteiger partial charge in [0, 0.05) is 17.5 Å². The van der Waals surface area contributed by atoms with Gasteiger partial charge >= 0.3 is 0 Å². The van der Waals surface area contributed by atoms with Crippen molar-refractivity contribution in [1.82, 2.24) is 15.6 Å². The smallest absolute Gasteiger partial charge is 0.192 e. The maximum absolute atomic E-state index is 5.49. The van der Waals surface area contributed by atoms with Gasteiger partial charge in [0.15, 0.2) is 5.96 Å². The average molecular weight is 377 g/mol. The zero-order valence-electron chi connectivity index (χ0n) is 16.1. The number of nitrogens with zero attached hydrogens (tertiary/aromatic N) is 2. The Labute approximate surface area is 159 Å². The Balaban J connectivity index is 2.14. The minimum Gasteiger partial charge on any atom is -0.497 e. The van der Waals surface area contributed by atoms with E-state index < -0.39 is 0 Å². The van der Waals surface area contributed by atoms with E-state index in [1.807, 2.05) is 25.1 Å². The van der Waals surface area contributed by atoms with Crippen molar-refractivity contribution in [3.05, 3.63) is 39.8 Å². The fraction of sp³-hybridized carbons (Fsp3) is 0.474. The summed E-state index contributed by atoms with van der Waals surface area (Å²) >= 11 is 1.68. The highest BCUT2D eigenvalue weighted by atomic mass is 32.1. The number of guanidine groups is 1. The highest BCUT2D eigenvalue weighted by Gasteiger charge is 2.14. The second-order valence-electron chi connectivity index (χ2n) is 5.76. The van der Waals surface area contributed by atoms with Gasteiger partial charge in [0.25, 0.3) is 0 Å². The number of nitrogens with one attached hydrogen (secondary N) is 2. The molecule has 7 heteroatoms. The zero-order valence-corrected chi connectivity index (χ0v) is 16.9. The molecule has 0 aliphatic carbocycles. The molecule has 0 radical (unpaired) electrons. The summed E-state index contributed by atoms with van der Waals surface area (Å²) in [6.45, 7) is 7.56. The largest absolute Gasteiger partial charge is 0.497 e. The van der Waals surface area contributed by atoms with Crippen molar-refractivity contribution in [1.29, 1.82) is 0 Å². The maximum Gasteiger partial charge on any atom is 0.192 e. The van der Waals surface area contributed by atoms with Crippen LogP contribution in [0.3, 0.4) is 0 Å². The van der Waals surface area contributed by atoms with Crippen LogP contribution < -0.4 is 20.1 Å². The molecule has 1 atom stereocenters. The molecule has 6 nitrogen and oxygen atoms in total. The van der Waals surface area contributed by atoms with Gasteiger partial charge in [0.2, 0.25) is 0 Å². The fourth-order valence-corrected chi connectivity index (χ4v) is 3.26. The highest BCUT2D eigenvalue weighted by molar-refractivity contribution is 7.09. The molecule has 0 fully saturated rings. The molecule has 2 N–H and O–H groups in total. The van der Waals surface area contributed by atoms with E-state index in [1.54, 1.807) is 25.6 Å². The summed E-state index contributed by atoms with van der Waals surface area (Å²) in [7, 11) is 3.33. The number of aryl methyl sites for hydroxylation is 1. The van der Waals surface area contributed by atoms with Crippen molar-refractivity contribution < 1.29 is 9.47 Å². The van der Waals surface area contributed by atoms with E-state index in [0.29, 0.717) is 6.54 Å². The predicted molar refractivity (Wildman–Crippen MR) is 107 cm³/mol. The van der Waals surface area contributed by atoms with Crippen LogP contribution in [0.25, 0.3) is 0 Å². The summed E-state index contributed by atoms with van der Waals surface area (Å²) in [6.07, 6.45) is 0.958. The Morgan fingerprint density at radius 1 is 1.27 bits per heavy atom. The SMILES string of the molecule is CCNC(=NCc1csc(CC)n1)NC(C)c1cc(OC)ccc1OC. The van der Waals surface area contributed by atoms with Crippen LogP contribution in [-0.2, 0) is 13.0 Å². The molecule has 1 unspecified atom stereocenters. The molecular formula is C19H28N4O2S. The molecule has 2 rings (SSSR count). The molecule has 1 heterocycles. The molecule has 26 heavy (non-hydrogen) atoms. The molecule has 142 valence electrons. The fourth-order valence-electron chi connectivity index (χ4n) is 2.52. The van der Waals surface area contributed by atoms with Crippen LogP contribution in [0.1, 0.15) is 43.1 Å². The molecule has 0 aliphatic heterocycles. The Kier molecular flexibility index (Phi) is 7.72. The van der Waals surface area contributed by atoms with E-state index in [9.17, 15) is 0 Å². The van der Waals surface area contributed by atoms with Gasteiger partial charge in [-0.3, -0.25) is 0 Å². The number of benzene rings is 1. The molecule has 0 spiro atoms. The van der Waals surface area contributed by atoms with Crippen LogP contribution in [0, 0.1) is 0 Å². The summed E-state index contributed by atoms with van der Waals surface area (Å²) in [6, 6.07) is 5.79. The maximum atomic E-state index is 5.49. The van der Waals surface area contributed by atoms with Crippen molar-refractivity contribution >= 4 is 17.3 Å². The summed E-state index contributed by atoms with van der Waals surface area (Å²) in [5.41, 5.74) is 2.01. The van der Waals surface area contributed by atoms with Crippen LogP contribution >= 0.6 is 11.3 Å². The Hall–Kier alpha value is -2.28. The Morgan fingerprint density at radius 3 is 2.69 bits per heavy atom. The minimum atomic E-state index is -0.000475. The number of aromatic nitrogens is 1. The van der Waals surface area contributed by atoms with Crippen molar-refractivity contribution in [2.24, 2.45) is 4.99 Å². The molecule has 1 aromatic heterocycles. The van der Waals surface area contributed by atoms with Crippen molar-refractivity contribution in [2.45, 2.75) is 39.8 Å². The number of thiazole rings is 1. The van der Waals surface area contributed by atoms with Crippen LogP contribution in [-0.4, -0.2) is 31.7 Å². The van der Waals surface area contributed by atoms with Crippen LogP contribution in [0.5, 0.6) is 11.5 Å². The van der Waals surface area contributed by atoms with Gasteiger partial charge in [0.05, 0.1) is 37.5 Å². The zero-order chi connectivity index (χ0) is 18.9. The average Bonchev–Trinajstić information content (AvgIpc) is 3.13. The topological polar surface area (TPSA) is 67.8 Å². The molecule has 0 amide bonds. The lowest BCUT2D eigenvalue weighted by atomic mass is 10.1. The minimum absolute atomic E-state index is 0.000475. The molecule has 1 aromatic carbocycles. The standard InChI is InChI=1S/C19H28N4O2S/c1-6-18-23-14(12-26-18)11-21-19(20-7-2)22-13(3)16-10-15(24-4)8-9-17(16)25-5/h8-10,12-13H,6-7,11H2,1-5H3,(H2,20,21,22). The normalized spacial score (nSPS) is 12.6. The first-order valence-corrected chi connectivity index (χ1v) is 9.69. The van der Waals surface area contributed by atoms with Crippen molar-refractivity contribution in [3.8, 4) is 11.5 Å². The van der Waals surface area contributed by atoms with Gasteiger partial charge in [-0.05, 0) is 38.5 Å². The third-order valence-corrected chi connectivity index (χ3v) is 4.94. The second-order valence-corrected chi connectivity index (χ2v) is 6.70. The predicted octanol–water partition coefficient (Wildman–Crippen LogP) is 3.54. The van der Waals surface area contributed by atoms with Gasteiger partial charge in [-0.15, -0.1) is 11.3 Å². The number of methoxy groups -OCH3 is 2. The van der Waals surface area contributed by atoms with Crippen LogP contribution in [0.2, 0.25) is 0 Å². The number of ether oxygens (including phenoxy) is 2. The number of hydrogen-bond donors (Lipinski definition) is 2. The number of rotatable bonds is 8. The molecule has 0 aliphatic rings. The lowest BCUT2D eigenvalue weighted by Gasteiger charge is -2.20.